The number of oxime groups is 2. The fourth-order valence-electron chi connectivity index (χ4n) is 4.40. The van der Waals surface area contributed by atoms with Crippen LogP contribution in [0.5, 0.6) is 11.8 Å². The molecule has 0 amide bonds. The van der Waals surface area contributed by atoms with E-state index in [2.05, 4.69) is 20.5 Å². The second-order valence-electron chi connectivity index (χ2n) is 11.6. The Kier molecular flexibility index (Phi) is 8.63. The molecule has 4 rings (SSSR count). The predicted molar refractivity (Wildman–Crippen MR) is 142 cm³/mol. The SMILES string of the molecule is Cn1nc(C(F)(F)F)c(CS(=O)(=O)C2=NOC(C)(C)C2)c1OC(F)Oc1c(CS(=O)(=O)C2=NOC(C)(C)C2)c(C(F)(F)F)nn1C. The van der Waals surface area contributed by atoms with Gasteiger partial charge in [0.2, 0.25) is 11.8 Å². The molecule has 4 heterocycles. The molecule has 0 atom stereocenters. The minimum Gasteiger partial charge on any atom is -0.411 e. The van der Waals surface area contributed by atoms with Crippen LogP contribution in [0, 0.1) is 0 Å². The van der Waals surface area contributed by atoms with Gasteiger partial charge in [-0.1, -0.05) is 10.3 Å². The van der Waals surface area contributed by atoms with E-state index in [1.807, 2.05) is 0 Å². The van der Waals surface area contributed by atoms with E-state index in [9.17, 15) is 43.2 Å². The van der Waals surface area contributed by atoms with E-state index in [0.717, 1.165) is 14.1 Å². The van der Waals surface area contributed by atoms with Crippen LogP contribution in [0.3, 0.4) is 0 Å². The molecule has 2 aromatic rings. The first-order valence-corrected chi connectivity index (χ1v) is 16.2. The number of hydrogen-bond donors (Lipinski definition) is 0. The van der Waals surface area contributed by atoms with Crippen molar-refractivity contribution in [2.75, 3.05) is 0 Å². The van der Waals surface area contributed by atoms with Crippen molar-refractivity contribution in [3.05, 3.63) is 22.5 Å². The third-order valence-electron chi connectivity index (χ3n) is 6.45. The Balaban J connectivity index is 1.69. The summed E-state index contributed by atoms with van der Waals surface area (Å²) in [5, 5.41) is 12.0. The van der Waals surface area contributed by atoms with Crippen molar-refractivity contribution in [1.82, 2.24) is 19.6 Å². The largest absolute Gasteiger partial charge is 0.435 e. The minimum absolute atomic E-state index is 0.300. The number of aromatic nitrogens is 4. The van der Waals surface area contributed by atoms with Gasteiger partial charge in [0.15, 0.2) is 41.1 Å². The molecule has 2 aliphatic heterocycles. The molecule has 258 valence electrons. The molecule has 46 heavy (non-hydrogen) atoms. The van der Waals surface area contributed by atoms with Crippen LogP contribution in [-0.2, 0) is 67.3 Å². The molecule has 0 radical (unpaired) electrons. The molecule has 14 nitrogen and oxygen atoms in total. The van der Waals surface area contributed by atoms with Gasteiger partial charge in [-0.15, -0.1) is 0 Å². The van der Waals surface area contributed by atoms with Gasteiger partial charge >= 0.3 is 18.9 Å². The normalized spacial score (nSPS) is 18.3. The molecule has 0 aromatic carbocycles. The molecule has 0 unspecified atom stereocenters. The molecule has 0 saturated carbocycles. The molecule has 0 fully saturated rings. The van der Waals surface area contributed by atoms with Crippen molar-refractivity contribution in [1.29, 1.82) is 0 Å². The highest BCUT2D eigenvalue weighted by Gasteiger charge is 2.46. The lowest BCUT2D eigenvalue weighted by molar-refractivity contribution is -0.142. The Morgan fingerprint density at radius 1 is 0.739 bits per heavy atom. The lowest BCUT2D eigenvalue weighted by atomic mass is 10.1. The lowest BCUT2D eigenvalue weighted by Gasteiger charge is -2.16. The maximum absolute atomic E-state index is 15.3. The van der Waals surface area contributed by atoms with Crippen molar-refractivity contribution >= 4 is 29.8 Å². The fourth-order valence-corrected chi connectivity index (χ4v) is 7.45. The van der Waals surface area contributed by atoms with Crippen molar-refractivity contribution in [2.45, 2.75) is 82.1 Å². The highest BCUT2D eigenvalue weighted by Crippen LogP contribution is 2.40. The highest BCUT2D eigenvalue weighted by molar-refractivity contribution is 8.06. The molecule has 0 N–H and O–H groups in total. The van der Waals surface area contributed by atoms with Crippen molar-refractivity contribution in [3.63, 3.8) is 0 Å². The van der Waals surface area contributed by atoms with Gasteiger partial charge in [0.1, 0.15) is 11.2 Å². The van der Waals surface area contributed by atoms with Crippen LogP contribution < -0.4 is 9.47 Å². The number of hydrogen-bond acceptors (Lipinski definition) is 12. The molecule has 0 spiro atoms. The lowest BCUT2D eigenvalue weighted by Crippen LogP contribution is -2.26. The number of sulfone groups is 2. The number of alkyl halides is 7. The van der Waals surface area contributed by atoms with Crippen LogP contribution >= 0.6 is 0 Å². The Labute approximate surface area is 256 Å². The quantitative estimate of drug-likeness (QED) is 0.291. The number of halogens is 7. The number of nitrogens with zero attached hydrogens (tertiary/aromatic N) is 6. The van der Waals surface area contributed by atoms with Crippen LogP contribution in [0.4, 0.5) is 30.7 Å². The van der Waals surface area contributed by atoms with E-state index in [1.54, 1.807) is 0 Å². The Morgan fingerprint density at radius 2 is 1.07 bits per heavy atom. The summed E-state index contributed by atoms with van der Waals surface area (Å²) in [6.45, 7) is 2.65. The van der Waals surface area contributed by atoms with E-state index in [1.165, 1.54) is 27.7 Å². The molecular formula is C23H27F7N6O8S2. The summed E-state index contributed by atoms with van der Waals surface area (Å²) in [6.07, 6.45) is -11.1. The molecule has 0 bridgehead atoms. The van der Waals surface area contributed by atoms with Gasteiger partial charge in [-0.25, -0.2) is 26.2 Å². The zero-order valence-corrected chi connectivity index (χ0v) is 26.5. The van der Waals surface area contributed by atoms with Crippen LogP contribution in [0.2, 0.25) is 0 Å². The summed E-state index contributed by atoms with van der Waals surface area (Å²) in [7, 11) is -7.57. The van der Waals surface area contributed by atoms with Gasteiger partial charge in [0.05, 0.1) is 22.6 Å². The van der Waals surface area contributed by atoms with Crippen LogP contribution in [0.15, 0.2) is 10.3 Å². The van der Waals surface area contributed by atoms with Gasteiger partial charge in [-0.3, -0.25) is 0 Å². The standard InChI is InChI=1S/C23H27F7N6O8S2/c1-20(2)7-13(33-43-20)45(37,38)9-11-15(22(25,26)27)31-35(5)17(11)41-19(24)42-18-12(16(23(28,29)30)32-36(18)6)10-46(39,40)14-8-21(3,4)44-34-14/h19H,7-10H2,1-6H3. The minimum atomic E-state index is -5.27. The molecular weight excluding hydrogens is 685 g/mol. The second kappa shape index (κ2) is 11.3. The maximum Gasteiger partial charge on any atom is 0.435 e. The number of ether oxygens (including phenoxy) is 2. The summed E-state index contributed by atoms with van der Waals surface area (Å²) in [4.78, 5) is 9.95. The third kappa shape index (κ3) is 7.33. The first-order chi connectivity index (χ1) is 20.7. The Hall–Kier alpha value is -3.63. The average Bonchev–Trinajstić information content (AvgIpc) is 3.60. The Morgan fingerprint density at radius 3 is 1.33 bits per heavy atom. The van der Waals surface area contributed by atoms with Crippen molar-refractivity contribution < 1.29 is 66.7 Å². The molecule has 23 heteroatoms. The average molecular weight is 713 g/mol. The first-order valence-electron chi connectivity index (χ1n) is 12.9. The maximum atomic E-state index is 15.3. The smallest absolute Gasteiger partial charge is 0.411 e. The summed E-state index contributed by atoms with van der Waals surface area (Å²) in [5.74, 6) is -5.11. The first kappa shape index (κ1) is 35.2. The summed E-state index contributed by atoms with van der Waals surface area (Å²) in [5.41, 5.74) is -8.04. The van der Waals surface area contributed by atoms with E-state index < -0.39 is 106 Å². The van der Waals surface area contributed by atoms with E-state index >= 15 is 4.39 Å². The highest BCUT2D eigenvalue weighted by atomic mass is 32.2. The van der Waals surface area contributed by atoms with Gasteiger partial charge < -0.3 is 19.1 Å². The topological polar surface area (TPSA) is 166 Å². The van der Waals surface area contributed by atoms with Gasteiger partial charge in [-0.05, 0) is 27.7 Å². The zero-order valence-electron chi connectivity index (χ0n) is 24.8. The van der Waals surface area contributed by atoms with Crippen LogP contribution in [-0.4, -0.2) is 64.2 Å². The predicted octanol–water partition coefficient (Wildman–Crippen LogP) is 3.76. The van der Waals surface area contributed by atoms with Crippen LogP contribution in [0.25, 0.3) is 0 Å². The van der Waals surface area contributed by atoms with E-state index in [4.69, 9.17) is 19.1 Å². The number of aryl methyl sites for hydroxylation is 2. The van der Waals surface area contributed by atoms with Crippen LogP contribution in [0.1, 0.15) is 63.1 Å². The molecule has 0 saturated heterocycles. The summed E-state index contributed by atoms with van der Waals surface area (Å²) < 4.78 is 161. The fraction of sp³-hybridized carbons (Fsp3) is 0.652. The third-order valence-corrected chi connectivity index (χ3v) is 9.66. The Bertz CT molecular complexity index is 1680. The number of rotatable bonds is 8. The van der Waals surface area contributed by atoms with Gasteiger partial charge in [-0.2, -0.15) is 40.9 Å². The van der Waals surface area contributed by atoms with Gasteiger partial charge in [0, 0.05) is 26.9 Å². The van der Waals surface area contributed by atoms with E-state index in [-0.39, 0.29) is 12.8 Å². The van der Waals surface area contributed by atoms with Crippen molar-refractivity contribution in [3.8, 4) is 11.8 Å². The van der Waals surface area contributed by atoms with E-state index in [0.29, 0.717) is 9.36 Å². The van der Waals surface area contributed by atoms with Gasteiger partial charge in [0.25, 0.3) is 0 Å². The summed E-state index contributed by atoms with van der Waals surface area (Å²) in [6, 6.07) is 0. The van der Waals surface area contributed by atoms with Crippen molar-refractivity contribution in [2.24, 2.45) is 24.4 Å². The second-order valence-corrected chi connectivity index (χ2v) is 15.5. The monoisotopic (exact) mass is 712 g/mol. The zero-order chi connectivity index (χ0) is 34.8. The molecule has 2 aromatic heterocycles. The summed E-state index contributed by atoms with van der Waals surface area (Å²) >= 11 is 0. The molecule has 0 aliphatic carbocycles. The molecule has 2 aliphatic rings.